The van der Waals surface area contributed by atoms with E-state index in [-0.39, 0.29) is 17.2 Å². The number of carbonyl (C=O) groups excluding carboxylic acids is 2. The molecule has 120 valence electrons. The molecule has 2 amide bonds. The summed E-state index contributed by atoms with van der Waals surface area (Å²) in [5.74, 6) is 0.686. The van der Waals surface area contributed by atoms with E-state index in [4.69, 9.17) is 0 Å². The van der Waals surface area contributed by atoms with E-state index in [0.717, 1.165) is 32.5 Å². The minimum Gasteiger partial charge on any atom is -0.345 e. The Morgan fingerprint density at radius 1 is 1.32 bits per heavy atom. The molecule has 9 heteroatoms. The highest BCUT2D eigenvalue weighted by atomic mass is 32.2. The number of nitrogens with zero attached hydrogens (tertiary/aromatic N) is 6. The van der Waals surface area contributed by atoms with E-state index in [1.165, 1.54) is 11.8 Å². The number of amides is 2. The molecule has 2 aliphatic heterocycles. The Bertz CT molecular complexity index is 581. The number of rotatable bonds is 3. The van der Waals surface area contributed by atoms with Crippen LogP contribution >= 0.6 is 11.8 Å². The Morgan fingerprint density at radius 2 is 2.05 bits per heavy atom. The van der Waals surface area contributed by atoms with Gasteiger partial charge in [0.1, 0.15) is 0 Å². The van der Waals surface area contributed by atoms with E-state index < -0.39 is 0 Å². The molecule has 0 unspecified atom stereocenters. The highest BCUT2D eigenvalue weighted by molar-refractivity contribution is 7.99. The summed E-state index contributed by atoms with van der Waals surface area (Å²) in [4.78, 5) is 27.7. The SMILES string of the molecule is CN1CC2(CCN(C(=O)CSc3nnnn3C)CC2)CC1=O. The molecule has 1 spiro atoms. The maximum absolute atomic E-state index is 12.3. The summed E-state index contributed by atoms with van der Waals surface area (Å²) in [7, 11) is 3.62. The predicted octanol–water partition coefficient (Wildman–Crippen LogP) is -0.227. The number of likely N-dealkylation sites (tertiary alicyclic amines) is 2. The van der Waals surface area contributed by atoms with Gasteiger partial charge in [0.2, 0.25) is 17.0 Å². The number of tetrazole rings is 1. The number of piperidine rings is 1. The molecule has 0 saturated carbocycles. The van der Waals surface area contributed by atoms with Gasteiger partial charge in [0.25, 0.3) is 0 Å². The van der Waals surface area contributed by atoms with Crippen molar-refractivity contribution in [2.24, 2.45) is 12.5 Å². The number of aromatic nitrogens is 4. The van der Waals surface area contributed by atoms with Crippen LogP contribution in [0, 0.1) is 5.41 Å². The fourth-order valence-electron chi connectivity index (χ4n) is 3.23. The van der Waals surface area contributed by atoms with Crippen molar-refractivity contribution in [2.45, 2.75) is 24.4 Å². The molecule has 0 aliphatic carbocycles. The maximum Gasteiger partial charge on any atom is 0.233 e. The van der Waals surface area contributed by atoms with Crippen LogP contribution in [-0.4, -0.2) is 74.3 Å². The summed E-state index contributed by atoms with van der Waals surface area (Å²) in [5, 5.41) is 11.8. The van der Waals surface area contributed by atoms with Crippen LogP contribution < -0.4 is 0 Å². The average molecular weight is 324 g/mol. The van der Waals surface area contributed by atoms with Gasteiger partial charge < -0.3 is 9.80 Å². The minimum atomic E-state index is 0.0866. The number of thioether (sulfide) groups is 1. The highest BCUT2D eigenvalue weighted by Crippen LogP contribution is 2.40. The third kappa shape index (κ3) is 2.94. The van der Waals surface area contributed by atoms with Crippen LogP contribution in [0.1, 0.15) is 19.3 Å². The molecule has 0 bridgehead atoms. The second-order valence-corrected chi connectivity index (χ2v) is 7.12. The Morgan fingerprint density at radius 3 is 2.59 bits per heavy atom. The lowest BCUT2D eigenvalue weighted by Crippen LogP contribution is -2.44. The summed E-state index contributed by atoms with van der Waals surface area (Å²) >= 11 is 1.35. The van der Waals surface area contributed by atoms with Gasteiger partial charge in [-0.1, -0.05) is 11.8 Å². The van der Waals surface area contributed by atoms with Gasteiger partial charge in [0.15, 0.2) is 0 Å². The van der Waals surface area contributed by atoms with E-state index in [2.05, 4.69) is 15.5 Å². The van der Waals surface area contributed by atoms with Crippen molar-refractivity contribution in [3.05, 3.63) is 0 Å². The monoisotopic (exact) mass is 324 g/mol. The van der Waals surface area contributed by atoms with E-state index >= 15 is 0 Å². The fraction of sp³-hybridized carbons (Fsp3) is 0.769. The third-order valence-electron chi connectivity index (χ3n) is 4.61. The molecule has 0 N–H and O–H groups in total. The standard InChI is InChI=1S/C13H20N6O2S/c1-17-9-13(7-10(17)20)3-5-19(6-4-13)11(21)8-22-12-14-15-16-18(12)2/h3-9H2,1-2H3. The van der Waals surface area contributed by atoms with Gasteiger partial charge in [0, 0.05) is 45.6 Å². The van der Waals surface area contributed by atoms with Crippen molar-refractivity contribution in [1.82, 2.24) is 30.0 Å². The first-order chi connectivity index (χ1) is 10.5. The number of carbonyl (C=O) groups is 2. The molecular weight excluding hydrogens is 304 g/mol. The minimum absolute atomic E-state index is 0.0866. The normalized spacial score (nSPS) is 20.9. The molecule has 2 fully saturated rings. The van der Waals surface area contributed by atoms with Gasteiger partial charge in [-0.15, -0.1) is 5.10 Å². The van der Waals surface area contributed by atoms with Crippen molar-refractivity contribution in [1.29, 1.82) is 0 Å². The van der Waals surface area contributed by atoms with Crippen molar-refractivity contribution >= 4 is 23.6 Å². The van der Waals surface area contributed by atoms with E-state index in [1.54, 1.807) is 11.7 Å². The van der Waals surface area contributed by atoms with Gasteiger partial charge in [-0.25, -0.2) is 4.68 Å². The molecule has 22 heavy (non-hydrogen) atoms. The van der Waals surface area contributed by atoms with Gasteiger partial charge in [0.05, 0.1) is 5.75 Å². The molecule has 2 aliphatic rings. The summed E-state index contributed by atoms with van der Waals surface area (Å²) in [6.07, 6.45) is 2.45. The van der Waals surface area contributed by atoms with Crippen molar-refractivity contribution in [2.75, 3.05) is 32.4 Å². The largest absolute Gasteiger partial charge is 0.345 e. The average Bonchev–Trinajstić information content (AvgIpc) is 3.01. The lowest BCUT2D eigenvalue weighted by atomic mass is 9.77. The van der Waals surface area contributed by atoms with E-state index in [0.29, 0.717) is 17.3 Å². The van der Waals surface area contributed by atoms with Crippen molar-refractivity contribution in [3.8, 4) is 0 Å². The Balaban J connectivity index is 1.50. The lowest BCUT2D eigenvalue weighted by Gasteiger charge is -2.38. The van der Waals surface area contributed by atoms with E-state index in [1.807, 2.05) is 16.8 Å². The van der Waals surface area contributed by atoms with Crippen molar-refractivity contribution in [3.63, 3.8) is 0 Å². The first-order valence-electron chi connectivity index (χ1n) is 7.36. The molecule has 3 heterocycles. The molecule has 3 rings (SSSR count). The summed E-state index contributed by atoms with van der Waals surface area (Å²) < 4.78 is 1.56. The quantitative estimate of drug-likeness (QED) is 0.714. The molecule has 1 aromatic heterocycles. The van der Waals surface area contributed by atoms with Gasteiger partial charge in [-0.05, 0) is 23.3 Å². The molecule has 1 aromatic rings. The van der Waals surface area contributed by atoms with Crippen LogP contribution in [0.5, 0.6) is 0 Å². The number of aryl methyl sites for hydroxylation is 1. The second-order valence-electron chi connectivity index (χ2n) is 6.18. The predicted molar refractivity (Wildman–Crippen MR) is 80.0 cm³/mol. The molecular formula is C13H20N6O2S. The summed E-state index contributed by atoms with van der Waals surface area (Å²) in [5.41, 5.74) is 0.0866. The molecule has 0 radical (unpaired) electrons. The van der Waals surface area contributed by atoms with Crippen molar-refractivity contribution < 1.29 is 9.59 Å². The topological polar surface area (TPSA) is 84.2 Å². The second kappa shape index (κ2) is 5.86. The smallest absolute Gasteiger partial charge is 0.233 e. The highest BCUT2D eigenvalue weighted by Gasteiger charge is 2.44. The van der Waals surface area contributed by atoms with Crippen LogP contribution in [0.3, 0.4) is 0 Å². The lowest BCUT2D eigenvalue weighted by molar-refractivity contribution is -0.130. The van der Waals surface area contributed by atoms with Crippen LogP contribution in [0.2, 0.25) is 0 Å². The first kappa shape index (κ1) is 15.3. The Labute approximate surface area is 133 Å². The summed E-state index contributed by atoms with van der Waals surface area (Å²) in [6, 6.07) is 0. The molecule has 8 nitrogen and oxygen atoms in total. The van der Waals surface area contributed by atoms with Crippen LogP contribution in [0.4, 0.5) is 0 Å². The summed E-state index contributed by atoms with van der Waals surface area (Å²) in [6.45, 7) is 2.29. The van der Waals surface area contributed by atoms with E-state index in [9.17, 15) is 9.59 Å². The van der Waals surface area contributed by atoms with Gasteiger partial charge >= 0.3 is 0 Å². The van der Waals surface area contributed by atoms with Crippen LogP contribution in [-0.2, 0) is 16.6 Å². The third-order valence-corrected chi connectivity index (χ3v) is 5.60. The number of hydrogen-bond donors (Lipinski definition) is 0. The molecule has 2 saturated heterocycles. The van der Waals surface area contributed by atoms with Crippen LogP contribution in [0.15, 0.2) is 5.16 Å². The maximum atomic E-state index is 12.3. The zero-order valence-corrected chi connectivity index (χ0v) is 13.7. The molecule has 0 aromatic carbocycles. The Kier molecular flexibility index (Phi) is 4.07. The zero-order valence-electron chi connectivity index (χ0n) is 12.9. The fourth-order valence-corrected chi connectivity index (χ4v) is 3.98. The zero-order chi connectivity index (χ0) is 15.7. The number of hydrogen-bond acceptors (Lipinski definition) is 6. The first-order valence-corrected chi connectivity index (χ1v) is 8.35. The van der Waals surface area contributed by atoms with Gasteiger partial charge in [-0.2, -0.15) is 0 Å². The Hall–Kier alpha value is -1.64. The molecule has 0 atom stereocenters. The van der Waals surface area contributed by atoms with Gasteiger partial charge in [-0.3, -0.25) is 9.59 Å². The van der Waals surface area contributed by atoms with Crippen LogP contribution in [0.25, 0.3) is 0 Å².